The number of likely N-dealkylation sites (N-methyl/N-ethyl adjacent to an activating group) is 1. The maximum absolute atomic E-state index is 12.0. The first-order valence-corrected chi connectivity index (χ1v) is 9.15. The molecule has 0 aromatic heterocycles. The number of rotatable bonds is 9. The van der Waals surface area contributed by atoms with Gasteiger partial charge in [-0.05, 0) is 42.8 Å². The minimum atomic E-state index is -0.166. The number of ether oxygens (including phenoxy) is 2. The van der Waals surface area contributed by atoms with E-state index in [4.69, 9.17) is 21.1 Å². The first-order valence-electron chi connectivity index (χ1n) is 8.77. The summed E-state index contributed by atoms with van der Waals surface area (Å²) in [5.41, 5.74) is 1.87. The van der Waals surface area contributed by atoms with Gasteiger partial charge >= 0.3 is 0 Å². The van der Waals surface area contributed by atoms with Gasteiger partial charge in [0.2, 0.25) is 5.91 Å². The Hall–Kier alpha value is -2.66. The molecule has 1 N–H and O–H groups in total. The third kappa shape index (κ3) is 6.22. The molecular formula is C21H25ClN2O3. The van der Waals surface area contributed by atoms with Crippen LogP contribution in [0, 0.1) is 0 Å². The van der Waals surface area contributed by atoms with Crippen molar-refractivity contribution in [1.82, 2.24) is 5.32 Å². The van der Waals surface area contributed by atoms with Crippen LogP contribution in [0.15, 0.2) is 48.5 Å². The van der Waals surface area contributed by atoms with E-state index in [0.29, 0.717) is 36.2 Å². The number of nitrogens with one attached hydrogen (secondary N) is 1. The van der Waals surface area contributed by atoms with E-state index in [1.807, 2.05) is 44.3 Å². The second-order valence-corrected chi connectivity index (χ2v) is 6.26. The van der Waals surface area contributed by atoms with Gasteiger partial charge in [-0.25, -0.2) is 0 Å². The number of hydrogen-bond acceptors (Lipinski definition) is 4. The number of para-hydroxylation sites is 1. The molecule has 0 aliphatic rings. The van der Waals surface area contributed by atoms with Crippen LogP contribution >= 0.6 is 11.6 Å². The maximum Gasteiger partial charge on any atom is 0.244 e. The van der Waals surface area contributed by atoms with Crippen molar-refractivity contribution in [2.75, 3.05) is 38.8 Å². The molecule has 2 aromatic rings. The Bertz CT molecular complexity index is 778. The van der Waals surface area contributed by atoms with Crippen LogP contribution in [0.1, 0.15) is 12.5 Å². The highest BCUT2D eigenvalue weighted by molar-refractivity contribution is 6.32. The summed E-state index contributed by atoms with van der Waals surface area (Å²) in [7, 11) is 3.54. The van der Waals surface area contributed by atoms with Gasteiger partial charge in [0.25, 0.3) is 0 Å². The van der Waals surface area contributed by atoms with Crippen molar-refractivity contribution < 1.29 is 14.3 Å². The third-order valence-electron chi connectivity index (χ3n) is 3.91. The van der Waals surface area contributed by atoms with Gasteiger partial charge < -0.3 is 19.7 Å². The van der Waals surface area contributed by atoms with Crippen molar-refractivity contribution in [3.63, 3.8) is 0 Å². The van der Waals surface area contributed by atoms with Crippen LogP contribution in [0.25, 0.3) is 6.08 Å². The lowest BCUT2D eigenvalue weighted by Gasteiger charge is -2.19. The molecular weight excluding hydrogens is 364 g/mol. The van der Waals surface area contributed by atoms with E-state index in [2.05, 4.69) is 10.2 Å². The molecule has 0 aliphatic carbocycles. The second-order valence-electron chi connectivity index (χ2n) is 5.85. The van der Waals surface area contributed by atoms with Crippen LogP contribution in [0.3, 0.4) is 0 Å². The maximum atomic E-state index is 12.0. The molecule has 5 nitrogen and oxygen atoms in total. The minimum absolute atomic E-state index is 0.166. The van der Waals surface area contributed by atoms with E-state index in [0.717, 1.165) is 11.3 Å². The monoisotopic (exact) mass is 388 g/mol. The Labute approximate surface area is 165 Å². The number of amides is 1. The fourth-order valence-corrected chi connectivity index (χ4v) is 2.78. The van der Waals surface area contributed by atoms with E-state index in [1.54, 1.807) is 25.3 Å². The van der Waals surface area contributed by atoms with Crippen LogP contribution in [0.4, 0.5) is 5.69 Å². The Morgan fingerprint density at radius 1 is 1.26 bits per heavy atom. The van der Waals surface area contributed by atoms with Gasteiger partial charge in [0.1, 0.15) is 0 Å². The normalized spacial score (nSPS) is 10.7. The molecule has 0 saturated heterocycles. The Balaban J connectivity index is 1.90. The second kappa shape index (κ2) is 10.5. The van der Waals surface area contributed by atoms with E-state index < -0.39 is 0 Å². The zero-order valence-corrected chi connectivity index (χ0v) is 16.6. The summed E-state index contributed by atoms with van der Waals surface area (Å²) >= 11 is 6.24. The van der Waals surface area contributed by atoms with Crippen molar-refractivity contribution in [3.8, 4) is 11.5 Å². The van der Waals surface area contributed by atoms with Gasteiger partial charge in [-0.1, -0.05) is 29.8 Å². The first kappa shape index (κ1) is 20.6. The third-order valence-corrected chi connectivity index (χ3v) is 4.19. The van der Waals surface area contributed by atoms with Crippen LogP contribution in [0.2, 0.25) is 5.02 Å². The Kier molecular flexibility index (Phi) is 8.01. The molecule has 0 unspecified atom stereocenters. The summed E-state index contributed by atoms with van der Waals surface area (Å²) in [5, 5.41) is 3.32. The van der Waals surface area contributed by atoms with Crippen molar-refractivity contribution in [1.29, 1.82) is 0 Å². The largest absolute Gasteiger partial charge is 0.493 e. The van der Waals surface area contributed by atoms with E-state index in [9.17, 15) is 4.79 Å². The van der Waals surface area contributed by atoms with Crippen molar-refractivity contribution in [2.45, 2.75) is 6.92 Å². The van der Waals surface area contributed by atoms with Crippen LogP contribution in [-0.2, 0) is 4.79 Å². The molecule has 27 heavy (non-hydrogen) atoms. The summed E-state index contributed by atoms with van der Waals surface area (Å²) in [6.07, 6.45) is 3.17. The van der Waals surface area contributed by atoms with Gasteiger partial charge in [-0.2, -0.15) is 0 Å². The zero-order chi connectivity index (χ0) is 19.6. The summed E-state index contributed by atoms with van der Waals surface area (Å²) in [6.45, 7) is 3.63. The molecule has 0 saturated carbocycles. The van der Waals surface area contributed by atoms with E-state index in [-0.39, 0.29) is 5.91 Å². The zero-order valence-electron chi connectivity index (χ0n) is 15.9. The van der Waals surface area contributed by atoms with Crippen LogP contribution in [0.5, 0.6) is 11.5 Å². The Morgan fingerprint density at radius 2 is 2.00 bits per heavy atom. The fraction of sp³-hybridized carbons (Fsp3) is 0.286. The quantitative estimate of drug-likeness (QED) is 0.659. The van der Waals surface area contributed by atoms with Crippen LogP contribution in [-0.4, -0.2) is 39.8 Å². The molecule has 1 amide bonds. The van der Waals surface area contributed by atoms with Crippen LogP contribution < -0.4 is 19.7 Å². The van der Waals surface area contributed by atoms with E-state index in [1.165, 1.54) is 6.08 Å². The number of benzene rings is 2. The van der Waals surface area contributed by atoms with Gasteiger partial charge in [-0.3, -0.25) is 4.79 Å². The van der Waals surface area contributed by atoms with Gasteiger partial charge in [0.05, 0.1) is 18.7 Å². The number of carbonyl (C=O) groups excluding carboxylic acids is 1. The van der Waals surface area contributed by atoms with Crippen molar-refractivity contribution in [2.24, 2.45) is 0 Å². The minimum Gasteiger partial charge on any atom is -0.493 e. The average Bonchev–Trinajstić information content (AvgIpc) is 2.68. The van der Waals surface area contributed by atoms with Crippen molar-refractivity contribution in [3.05, 3.63) is 59.1 Å². The summed E-state index contributed by atoms with van der Waals surface area (Å²) in [4.78, 5) is 14.1. The number of methoxy groups -OCH3 is 1. The predicted octanol–water partition coefficient (Wildman–Crippen LogP) is 4.01. The van der Waals surface area contributed by atoms with Crippen molar-refractivity contribution >= 4 is 29.3 Å². The topological polar surface area (TPSA) is 50.8 Å². The Morgan fingerprint density at radius 3 is 2.67 bits per heavy atom. The van der Waals surface area contributed by atoms with Gasteiger partial charge in [-0.15, -0.1) is 0 Å². The lowest BCUT2D eigenvalue weighted by atomic mass is 10.2. The summed E-state index contributed by atoms with van der Waals surface area (Å²) in [5.74, 6) is 0.876. The molecule has 0 spiro atoms. The number of carbonyl (C=O) groups is 1. The molecule has 0 radical (unpaired) electrons. The molecule has 144 valence electrons. The molecule has 0 atom stereocenters. The molecule has 0 aliphatic heterocycles. The molecule has 6 heteroatoms. The lowest BCUT2D eigenvalue weighted by molar-refractivity contribution is -0.116. The molecule has 0 heterocycles. The van der Waals surface area contributed by atoms with E-state index >= 15 is 0 Å². The first-order chi connectivity index (χ1) is 13.0. The number of anilines is 1. The smallest absolute Gasteiger partial charge is 0.244 e. The summed E-state index contributed by atoms with van der Waals surface area (Å²) in [6, 6.07) is 13.5. The summed E-state index contributed by atoms with van der Waals surface area (Å²) < 4.78 is 10.8. The molecule has 2 aromatic carbocycles. The SMILES string of the molecule is CCOc1c(Cl)cc(/C=C/C(=O)NCCN(C)c2ccccc2)cc1OC. The van der Waals surface area contributed by atoms with Gasteiger partial charge in [0.15, 0.2) is 11.5 Å². The van der Waals surface area contributed by atoms with Gasteiger partial charge in [0, 0.05) is 31.9 Å². The number of hydrogen-bond donors (Lipinski definition) is 1. The average molecular weight is 389 g/mol. The highest BCUT2D eigenvalue weighted by atomic mass is 35.5. The lowest BCUT2D eigenvalue weighted by Crippen LogP contribution is -2.31. The highest BCUT2D eigenvalue weighted by Crippen LogP contribution is 2.36. The standard InChI is InChI=1S/C21H25ClN2O3/c1-4-27-21-18(22)14-16(15-19(21)26-3)10-11-20(25)23-12-13-24(2)17-8-6-5-7-9-17/h5-11,14-15H,4,12-13H2,1-3H3,(H,23,25)/b11-10+. The molecule has 2 rings (SSSR count). The number of halogens is 1. The molecule has 0 fully saturated rings. The highest BCUT2D eigenvalue weighted by Gasteiger charge is 2.10. The molecule has 0 bridgehead atoms. The predicted molar refractivity (Wildman–Crippen MR) is 111 cm³/mol. The fourth-order valence-electron chi connectivity index (χ4n) is 2.51. The number of nitrogens with zero attached hydrogens (tertiary/aromatic N) is 1.